The molecule has 152 valence electrons. The van der Waals surface area contributed by atoms with E-state index in [2.05, 4.69) is 5.32 Å². The average Bonchev–Trinajstić information content (AvgIpc) is 2.65. The van der Waals surface area contributed by atoms with E-state index in [-0.39, 0.29) is 16.9 Å². The Morgan fingerprint density at radius 1 is 1.17 bits per heavy atom. The molecule has 2 rings (SSSR count). The van der Waals surface area contributed by atoms with Gasteiger partial charge in [-0.15, -0.1) is 0 Å². The first-order valence-corrected chi connectivity index (χ1v) is 8.14. The number of esters is 1. The van der Waals surface area contributed by atoms with Gasteiger partial charge in [-0.2, -0.15) is 13.2 Å². The normalized spacial score (nSPS) is 11.3. The van der Waals surface area contributed by atoms with Gasteiger partial charge in [0, 0.05) is 12.1 Å². The Morgan fingerprint density at radius 2 is 1.83 bits per heavy atom. The van der Waals surface area contributed by atoms with Crippen molar-refractivity contribution in [3.63, 3.8) is 0 Å². The van der Waals surface area contributed by atoms with E-state index in [1.165, 1.54) is 43.3 Å². The van der Waals surface area contributed by atoms with Crippen LogP contribution in [0.15, 0.2) is 48.5 Å². The number of hydrogen-bond donors (Lipinski definition) is 1. The van der Waals surface area contributed by atoms with Gasteiger partial charge in [-0.25, -0.2) is 4.79 Å². The fraction of sp³-hybridized carbons (Fsp3) is 0.158. The van der Waals surface area contributed by atoms with Crippen molar-refractivity contribution < 1.29 is 32.4 Å². The molecule has 0 saturated carbocycles. The van der Waals surface area contributed by atoms with Crippen molar-refractivity contribution >= 4 is 29.3 Å². The molecular weight excluding hydrogens is 393 g/mol. The Hall–Kier alpha value is -3.69. The van der Waals surface area contributed by atoms with Gasteiger partial charge < -0.3 is 10.1 Å². The first kappa shape index (κ1) is 21.6. The van der Waals surface area contributed by atoms with Crippen LogP contribution in [0.3, 0.4) is 0 Å². The Bertz CT molecular complexity index is 953. The number of alkyl halides is 3. The summed E-state index contributed by atoms with van der Waals surface area (Å²) in [6.45, 7) is 0.824. The third kappa shape index (κ3) is 6.16. The molecule has 29 heavy (non-hydrogen) atoms. The lowest BCUT2D eigenvalue weighted by atomic mass is 10.1. The molecule has 0 aromatic heterocycles. The maximum absolute atomic E-state index is 12.5. The third-order valence-electron chi connectivity index (χ3n) is 3.77. The topological polar surface area (TPSA) is 98.5 Å². The molecule has 0 aliphatic heterocycles. The highest BCUT2D eigenvalue weighted by atomic mass is 19.4. The number of nitro benzene ring substituents is 1. The average molecular weight is 408 g/mol. The first-order chi connectivity index (χ1) is 13.6. The lowest BCUT2D eigenvalue weighted by Gasteiger charge is -2.08. The van der Waals surface area contributed by atoms with Crippen LogP contribution in [0, 0.1) is 17.0 Å². The van der Waals surface area contributed by atoms with E-state index >= 15 is 0 Å². The molecule has 2 aromatic rings. The molecule has 1 N–H and O–H groups in total. The van der Waals surface area contributed by atoms with Crippen LogP contribution < -0.4 is 5.32 Å². The molecule has 0 bridgehead atoms. The van der Waals surface area contributed by atoms with Crippen LogP contribution in [-0.2, 0) is 20.5 Å². The summed E-state index contributed by atoms with van der Waals surface area (Å²) in [6.07, 6.45) is -2.24. The lowest BCUT2D eigenvalue weighted by molar-refractivity contribution is -0.385. The standard InChI is InChI=1S/C19H15F3N2O5/c1-12-15(3-2-4-16(12)24(27)28)23-17(25)11-29-18(26)10-7-13-5-8-14(9-6-13)19(20,21)22/h2-10H,11H2,1H3,(H,23,25). The van der Waals surface area contributed by atoms with Crippen LogP contribution in [-0.4, -0.2) is 23.4 Å². The van der Waals surface area contributed by atoms with E-state index in [0.717, 1.165) is 18.2 Å². The summed E-state index contributed by atoms with van der Waals surface area (Å²) < 4.78 is 42.2. The number of rotatable bonds is 6. The van der Waals surface area contributed by atoms with Gasteiger partial charge in [-0.3, -0.25) is 14.9 Å². The van der Waals surface area contributed by atoms with Gasteiger partial charge >= 0.3 is 12.1 Å². The van der Waals surface area contributed by atoms with Crippen molar-refractivity contribution in [1.29, 1.82) is 0 Å². The minimum absolute atomic E-state index is 0.167. The van der Waals surface area contributed by atoms with Gasteiger partial charge in [0.05, 0.1) is 21.7 Å². The minimum atomic E-state index is -4.45. The quantitative estimate of drug-likeness (QED) is 0.336. The van der Waals surface area contributed by atoms with E-state index in [4.69, 9.17) is 4.74 Å². The van der Waals surface area contributed by atoms with Crippen LogP contribution in [0.5, 0.6) is 0 Å². The van der Waals surface area contributed by atoms with Crippen molar-refractivity contribution in [3.05, 3.63) is 75.3 Å². The summed E-state index contributed by atoms with van der Waals surface area (Å²) in [5.74, 6) is -1.58. The second kappa shape index (κ2) is 9.00. The first-order valence-electron chi connectivity index (χ1n) is 8.14. The number of carbonyl (C=O) groups is 2. The molecule has 2 aromatic carbocycles. The maximum atomic E-state index is 12.5. The van der Waals surface area contributed by atoms with Crippen molar-refractivity contribution in [2.45, 2.75) is 13.1 Å². The predicted molar refractivity (Wildman–Crippen MR) is 97.9 cm³/mol. The molecule has 0 heterocycles. The largest absolute Gasteiger partial charge is 0.452 e. The van der Waals surface area contributed by atoms with Gasteiger partial charge in [-0.1, -0.05) is 18.2 Å². The van der Waals surface area contributed by atoms with Crippen LogP contribution in [0.4, 0.5) is 24.5 Å². The second-order valence-corrected chi connectivity index (χ2v) is 5.82. The van der Waals surface area contributed by atoms with Crippen LogP contribution >= 0.6 is 0 Å². The Balaban J connectivity index is 1.89. The van der Waals surface area contributed by atoms with E-state index in [9.17, 15) is 32.9 Å². The highest BCUT2D eigenvalue weighted by Crippen LogP contribution is 2.29. The molecule has 10 heteroatoms. The number of benzene rings is 2. The number of nitro groups is 1. The van der Waals surface area contributed by atoms with Gasteiger partial charge in [0.2, 0.25) is 0 Å². The van der Waals surface area contributed by atoms with E-state index < -0.39 is 35.1 Å². The van der Waals surface area contributed by atoms with Gasteiger partial charge in [0.1, 0.15) is 0 Å². The Kier molecular flexibility index (Phi) is 6.71. The SMILES string of the molecule is Cc1c(NC(=O)COC(=O)C=Cc2ccc(C(F)(F)F)cc2)cccc1[N+](=O)[O-]. The number of ether oxygens (including phenoxy) is 1. The number of carbonyl (C=O) groups excluding carboxylic acids is 2. The zero-order valence-corrected chi connectivity index (χ0v) is 15.0. The zero-order valence-electron chi connectivity index (χ0n) is 15.0. The molecular formula is C19H15F3N2O5. The van der Waals surface area contributed by atoms with E-state index in [1.54, 1.807) is 0 Å². The van der Waals surface area contributed by atoms with E-state index in [0.29, 0.717) is 5.56 Å². The lowest BCUT2D eigenvalue weighted by Crippen LogP contribution is -2.20. The minimum Gasteiger partial charge on any atom is -0.452 e. The van der Waals surface area contributed by atoms with Gasteiger partial charge in [-0.05, 0) is 36.8 Å². The van der Waals surface area contributed by atoms with Crippen molar-refractivity contribution in [3.8, 4) is 0 Å². The molecule has 0 radical (unpaired) electrons. The number of nitrogens with one attached hydrogen (secondary N) is 1. The predicted octanol–water partition coefficient (Wildman–Crippen LogP) is 4.12. The zero-order chi connectivity index (χ0) is 21.6. The highest BCUT2D eigenvalue weighted by Gasteiger charge is 2.29. The summed E-state index contributed by atoms with van der Waals surface area (Å²) >= 11 is 0. The summed E-state index contributed by atoms with van der Waals surface area (Å²) in [5.41, 5.74) is -0.184. The molecule has 0 spiro atoms. The fourth-order valence-corrected chi connectivity index (χ4v) is 2.28. The Morgan fingerprint density at radius 3 is 2.41 bits per heavy atom. The number of anilines is 1. The molecule has 7 nitrogen and oxygen atoms in total. The molecule has 1 amide bonds. The molecule has 0 atom stereocenters. The second-order valence-electron chi connectivity index (χ2n) is 5.82. The van der Waals surface area contributed by atoms with Crippen LogP contribution in [0.2, 0.25) is 0 Å². The van der Waals surface area contributed by atoms with Gasteiger partial charge in [0.25, 0.3) is 11.6 Å². The van der Waals surface area contributed by atoms with Crippen LogP contribution in [0.1, 0.15) is 16.7 Å². The Labute approximate surface area is 162 Å². The number of nitrogens with zero attached hydrogens (tertiary/aromatic N) is 1. The third-order valence-corrected chi connectivity index (χ3v) is 3.77. The van der Waals surface area contributed by atoms with Gasteiger partial charge in [0.15, 0.2) is 6.61 Å². The molecule has 0 aliphatic carbocycles. The smallest absolute Gasteiger partial charge is 0.416 e. The molecule has 0 fully saturated rings. The molecule has 0 unspecified atom stereocenters. The number of amides is 1. The number of halogens is 3. The van der Waals surface area contributed by atoms with Crippen molar-refractivity contribution in [1.82, 2.24) is 0 Å². The van der Waals surface area contributed by atoms with E-state index in [1.807, 2.05) is 0 Å². The van der Waals surface area contributed by atoms with Crippen molar-refractivity contribution in [2.75, 3.05) is 11.9 Å². The molecule has 0 saturated heterocycles. The summed E-state index contributed by atoms with van der Waals surface area (Å²) in [4.78, 5) is 33.8. The summed E-state index contributed by atoms with van der Waals surface area (Å²) in [5, 5.41) is 13.3. The highest BCUT2D eigenvalue weighted by molar-refractivity contribution is 5.95. The molecule has 0 aliphatic rings. The van der Waals surface area contributed by atoms with Crippen LogP contribution in [0.25, 0.3) is 6.08 Å². The maximum Gasteiger partial charge on any atom is 0.416 e. The summed E-state index contributed by atoms with van der Waals surface area (Å²) in [7, 11) is 0. The fourth-order valence-electron chi connectivity index (χ4n) is 2.28. The monoisotopic (exact) mass is 408 g/mol. The summed E-state index contributed by atoms with van der Waals surface area (Å²) in [6, 6.07) is 8.28. The number of hydrogen-bond acceptors (Lipinski definition) is 5. The van der Waals surface area contributed by atoms with Crippen molar-refractivity contribution in [2.24, 2.45) is 0 Å².